The van der Waals surface area contributed by atoms with Gasteiger partial charge in [0.25, 0.3) is 0 Å². The Balaban J connectivity index is 1.29. The lowest BCUT2D eigenvalue weighted by atomic mass is 10.1. The van der Waals surface area contributed by atoms with E-state index in [-0.39, 0.29) is 6.61 Å². The van der Waals surface area contributed by atoms with Crippen molar-refractivity contribution in [1.29, 1.82) is 0 Å². The summed E-state index contributed by atoms with van der Waals surface area (Å²) in [5.41, 5.74) is 2.65. The summed E-state index contributed by atoms with van der Waals surface area (Å²) in [4.78, 5) is 1.51. The first-order valence-corrected chi connectivity index (χ1v) is 11.0. The van der Waals surface area contributed by atoms with Gasteiger partial charge in [0, 0.05) is 16.3 Å². The van der Waals surface area contributed by atoms with Crippen molar-refractivity contribution < 1.29 is 9.15 Å². The third-order valence-corrected chi connectivity index (χ3v) is 5.21. The van der Waals surface area contributed by atoms with Crippen LogP contribution in [0.4, 0.5) is 11.7 Å². The zero-order valence-corrected chi connectivity index (χ0v) is 18.7. The number of para-hydroxylation sites is 1. The van der Waals surface area contributed by atoms with Crippen LogP contribution in [0.2, 0.25) is 5.02 Å². The van der Waals surface area contributed by atoms with E-state index >= 15 is 0 Å². The van der Waals surface area contributed by atoms with Crippen LogP contribution in [0.3, 0.4) is 0 Å². The standard InChI is InChI=1S/C24H20ClN7O2/c25-19-13-11-17(12-14-19)21(15-32-30-23(28-31-32)18-7-3-1-4-8-18)33-16-22-27-29-24(34-22)26-20-9-5-2-6-10-20/h1-14,21H,15-16H2,(H,26,29). The summed E-state index contributed by atoms with van der Waals surface area (Å²) in [5.74, 6) is 0.887. The highest BCUT2D eigenvalue weighted by molar-refractivity contribution is 6.30. The molecule has 0 saturated carbocycles. The molecule has 10 heteroatoms. The molecule has 0 radical (unpaired) electrons. The molecule has 0 fully saturated rings. The Bertz CT molecular complexity index is 1320. The van der Waals surface area contributed by atoms with E-state index in [9.17, 15) is 0 Å². The molecule has 0 aliphatic carbocycles. The summed E-state index contributed by atoms with van der Waals surface area (Å²) < 4.78 is 11.8. The highest BCUT2D eigenvalue weighted by Crippen LogP contribution is 2.24. The molecule has 0 amide bonds. The highest BCUT2D eigenvalue weighted by atomic mass is 35.5. The topological polar surface area (TPSA) is 104 Å². The normalized spacial score (nSPS) is 11.9. The summed E-state index contributed by atoms with van der Waals surface area (Å²) in [7, 11) is 0. The van der Waals surface area contributed by atoms with Crippen molar-refractivity contribution in [2.24, 2.45) is 0 Å². The first-order chi connectivity index (χ1) is 16.7. The molecular weight excluding hydrogens is 454 g/mol. The number of benzene rings is 3. The first-order valence-electron chi connectivity index (χ1n) is 10.6. The van der Waals surface area contributed by atoms with Gasteiger partial charge in [0.2, 0.25) is 11.7 Å². The maximum atomic E-state index is 6.14. The largest absolute Gasteiger partial charge is 0.405 e. The van der Waals surface area contributed by atoms with Crippen molar-refractivity contribution in [2.75, 3.05) is 5.32 Å². The van der Waals surface area contributed by atoms with Gasteiger partial charge in [0.05, 0.1) is 6.54 Å². The fraction of sp³-hybridized carbons (Fsp3) is 0.125. The Kier molecular flexibility index (Phi) is 6.55. The number of ether oxygens (including phenoxy) is 1. The molecule has 0 spiro atoms. The third kappa shape index (κ3) is 5.45. The number of aromatic nitrogens is 6. The van der Waals surface area contributed by atoms with Gasteiger partial charge in [-0.2, -0.15) is 4.80 Å². The van der Waals surface area contributed by atoms with Crippen LogP contribution in [0.25, 0.3) is 11.4 Å². The molecule has 2 heterocycles. The minimum Gasteiger partial charge on any atom is -0.405 e. The monoisotopic (exact) mass is 473 g/mol. The van der Waals surface area contributed by atoms with Crippen LogP contribution >= 0.6 is 11.6 Å². The summed E-state index contributed by atoms with van der Waals surface area (Å²) >= 11 is 6.07. The van der Waals surface area contributed by atoms with E-state index in [0.29, 0.717) is 29.3 Å². The second kappa shape index (κ2) is 10.2. The number of rotatable bonds is 9. The maximum Gasteiger partial charge on any atom is 0.320 e. The van der Waals surface area contributed by atoms with Crippen molar-refractivity contribution in [1.82, 2.24) is 30.4 Å². The lowest BCUT2D eigenvalue weighted by molar-refractivity contribution is 0.0120. The van der Waals surface area contributed by atoms with E-state index < -0.39 is 6.10 Å². The van der Waals surface area contributed by atoms with Crippen LogP contribution in [0.5, 0.6) is 0 Å². The van der Waals surface area contributed by atoms with Crippen LogP contribution < -0.4 is 5.32 Å². The zero-order valence-electron chi connectivity index (χ0n) is 18.0. The molecule has 0 aliphatic heterocycles. The highest BCUT2D eigenvalue weighted by Gasteiger charge is 2.18. The van der Waals surface area contributed by atoms with E-state index in [0.717, 1.165) is 16.8 Å². The molecule has 5 rings (SSSR count). The van der Waals surface area contributed by atoms with Crippen molar-refractivity contribution >= 4 is 23.3 Å². The number of nitrogens with zero attached hydrogens (tertiary/aromatic N) is 6. The Morgan fingerprint density at radius 2 is 1.62 bits per heavy atom. The molecule has 1 N–H and O–H groups in total. The Labute approximate surface area is 200 Å². The van der Waals surface area contributed by atoms with Gasteiger partial charge in [-0.3, -0.25) is 0 Å². The molecule has 9 nitrogen and oxygen atoms in total. The summed E-state index contributed by atoms with van der Waals surface area (Å²) in [6.07, 6.45) is -0.396. The van der Waals surface area contributed by atoms with E-state index in [1.807, 2.05) is 84.9 Å². The summed E-state index contributed by atoms with van der Waals surface area (Å²) in [6, 6.07) is 27.0. The molecular formula is C24H20ClN7O2. The second-order valence-corrected chi connectivity index (χ2v) is 7.81. The van der Waals surface area contributed by atoms with Crippen LogP contribution in [0, 0.1) is 0 Å². The number of anilines is 2. The molecule has 170 valence electrons. The lowest BCUT2D eigenvalue weighted by Gasteiger charge is -2.16. The summed E-state index contributed by atoms with van der Waals surface area (Å²) in [6.45, 7) is 0.446. The predicted octanol–water partition coefficient (Wildman–Crippen LogP) is 5.08. The van der Waals surface area contributed by atoms with Gasteiger partial charge in [-0.1, -0.05) is 77.4 Å². The van der Waals surface area contributed by atoms with Crippen molar-refractivity contribution in [3.05, 3.63) is 101 Å². The van der Waals surface area contributed by atoms with E-state index in [2.05, 4.69) is 30.9 Å². The average molecular weight is 474 g/mol. The van der Waals surface area contributed by atoms with Crippen molar-refractivity contribution in [3.63, 3.8) is 0 Å². The van der Waals surface area contributed by atoms with Gasteiger partial charge in [-0.25, -0.2) is 0 Å². The fourth-order valence-electron chi connectivity index (χ4n) is 3.28. The zero-order chi connectivity index (χ0) is 23.2. The van der Waals surface area contributed by atoms with Gasteiger partial charge in [0.15, 0.2) is 0 Å². The van der Waals surface area contributed by atoms with Crippen LogP contribution in [-0.2, 0) is 17.9 Å². The minimum atomic E-state index is -0.396. The Hall–Kier alpha value is -4.08. The van der Waals surface area contributed by atoms with Gasteiger partial charge >= 0.3 is 6.01 Å². The second-order valence-electron chi connectivity index (χ2n) is 7.38. The number of hydrogen-bond acceptors (Lipinski definition) is 8. The van der Waals surface area contributed by atoms with Gasteiger partial charge < -0.3 is 14.5 Å². The van der Waals surface area contributed by atoms with E-state index in [1.54, 1.807) is 0 Å². The Morgan fingerprint density at radius 3 is 2.38 bits per heavy atom. The van der Waals surface area contributed by atoms with Crippen LogP contribution in [0.1, 0.15) is 17.6 Å². The van der Waals surface area contributed by atoms with Gasteiger partial charge in [-0.05, 0) is 35.0 Å². The molecule has 2 aromatic heterocycles. The van der Waals surface area contributed by atoms with Crippen LogP contribution in [-0.4, -0.2) is 30.4 Å². The van der Waals surface area contributed by atoms with Gasteiger partial charge in [-0.15, -0.1) is 15.3 Å². The quantitative estimate of drug-likeness (QED) is 0.316. The first kappa shape index (κ1) is 21.7. The number of hydrogen-bond donors (Lipinski definition) is 1. The SMILES string of the molecule is Clc1ccc(C(Cn2nnc(-c3ccccc3)n2)OCc2nnc(Nc3ccccc3)o2)cc1. The Morgan fingerprint density at radius 1 is 0.882 bits per heavy atom. The molecule has 0 saturated heterocycles. The molecule has 3 aromatic carbocycles. The molecule has 0 aliphatic rings. The maximum absolute atomic E-state index is 6.14. The lowest BCUT2D eigenvalue weighted by Crippen LogP contribution is -2.15. The van der Waals surface area contributed by atoms with Crippen molar-refractivity contribution in [3.8, 4) is 11.4 Å². The number of tetrazole rings is 1. The summed E-state index contributed by atoms with van der Waals surface area (Å²) in [5, 5.41) is 24.7. The minimum absolute atomic E-state index is 0.108. The van der Waals surface area contributed by atoms with Crippen molar-refractivity contribution in [2.45, 2.75) is 19.3 Å². The van der Waals surface area contributed by atoms with E-state index in [4.69, 9.17) is 20.8 Å². The molecule has 1 unspecified atom stereocenters. The van der Waals surface area contributed by atoms with Crippen LogP contribution in [0.15, 0.2) is 89.3 Å². The molecule has 1 atom stereocenters. The molecule has 0 bridgehead atoms. The number of halogens is 1. The van der Waals surface area contributed by atoms with E-state index in [1.165, 1.54) is 4.80 Å². The smallest absolute Gasteiger partial charge is 0.320 e. The molecule has 5 aromatic rings. The third-order valence-electron chi connectivity index (χ3n) is 4.96. The van der Waals surface area contributed by atoms with Gasteiger partial charge in [0.1, 0.15) is 12.7 Å². The number of nitrogens with one attached hydrogen (secondary N) is 1. The fourth-order valence-corrected chi connectivity index (χ4v) is 3.41. The average Bonchev–Trinajstić information content (AvgIpc) is 3.53. The predicted molar refractivity (Wildman–Crippen MR) is 126 cm³/mol. The molecule has 34 heavy (non-hydrogen) atoms.